The Hall–Kier alpha value is -1.05. The van der Waals surface area contributed by atoms with E-state index >= 15 is 0 Å². The van der Waals surface area contributed by atoms with Crippen LogP contribution in [0.2, 0.25) is 0 Å². The lowest BCUT2D eigenvalue weighted by molar-refractivity contribution is 0.200. The van der Waals surface area contributed by atoms with E-state index in [9.17, 15) is 0 Å². The van der Waals surface area contributed by atoms with Crippen molar-refractivity contribution in [3.05, 3.63) is 24.0 Å². The van der Waals surface area contributed by atoms with Gasteiger partial charge >= 0.3 is 0 Å². The topological polar surface area (TPSA) is 45.9 Å². The molecule has 1 rings (SSSR count). The molecule has 0 saturated carbocycles. The van der Waals surface area contributed by atoms with Crippen molar-refractivity contribution in [1.29, 1.82) is 5.26 Å². The maximum absolute atomic E-state index is 8.54. The van der Waals surface area contributed by atoms with E-state index in [4.69, 9.17) is 10.00 Å². The van der Waals surface area contributed by atoms with Crippen LogP contribution in [0, 0.1) is 11.3 Å². The Morgan fingerprint density at radius 3 is 3.00 bits per heavy atom. The predicted octanol–water partition coefficient (Wildman–Crippen LogP) is 2.08. The summed E-state index contributed by atoms with van der Waals surface area (Å²) < 4.78 is 4.94. The molecule has 0 atom stereocenters. The van der Waals surface area contributed by atoms with Crippen LogP contribution in [0.3, 0.4) is 0 Å². The third kappa shape index (κ3) is 3.77. The molecule has 0 aromatic carbocycles. The van der Waals surface area contributed by atoms with Gasteiger partial charge in [0.05, 0.1) is 0 Å². The summed E-state index contributed by atoms with van der Waals surface area (Å²) in [6.07, 6.45) is 2.76. The molecule has 0 spiro atoms. The highest BCUT2D eigenvalue weighted by Gasteiger charge is 1.95. The average molecular weight is 208 g/mol. The smallest absolute Gasteiger partial charge is 0.140 e. The van der Waals surface area contributed by atoms with Gasteiger partial charge in [-0.1, -0.05) is 0 Å². The molecule has 3 nitrogen and oxygen atoms in total. The largest absolute Gasteiger partial charge is 0.385 e. The number of nitrogens with zero attached hydrogens (tertiary/aromatic N) is 2. The Kier molecular flexibility index (Phi) is 5.05. The van der Waals surface area contributed by atoms with Crippen LogP contribution in [0.4, 0.5) is 0 Å². The minimum absolute atomic E-state index is 0.464. The first-order chi connectivity index (χ1) is 6.86. The molecular formula is C10H12N2OS. The molecule has 0 aliphatic carbocycles. The van der Waals surface area contributed by atoms with Gasteiger partial charge in [0, 0.05) is 30.6 Å². The number of nitriles is 1. The van der Waals surface area contributed by atoms with Gasteiger partial charge in [-0.25, -0.2) is 4.98 Å². The second kappa shape index (κ2) is 6.41. The molecule has 0 saturated heterocycles. The number of rotatable bonds is 5. The van der Waals surface area contributed by atoms with Crippen LogP contribution in [0.1, 0.15) is 12.1 Å². The molecule has 0 bridgehead atoms. The van der Waals surface area contributed by atoms with Gasteiger partial charge in [0.1, 0.15) is 11.8 Å². The van der Waals surface area contributed by atoms with Gasteiger partial charge < -0.3 is 4.74 Å². The van der Waals surface area contributed by atoms with Crippen LogP contribution in [0.25, 0.3) is 0 Å². The zero-order valence-electron chi connectivity index (χ0n) is 8.06. The van der Waals surface area contributed by atoms with E-state index in [1.165, 1.54) is 0 Å². The van der Waals surface area contributed by atoms with E-state index in [0.717, 1.165) is 23.7 Å². The molecule has 0 N–H and O–H groups in total. The fourth-order valence-electron chi connectivity index (χ4n) is 0.925. The van der Waals surface area contributed by atoms with Crippen LogP contribution < -0.4 is 0 Å². The van der Waals surface area contributed by atoms with Crippen molar-refractivity contribution in [2.24, 2.45) is 0 Å². The molecule has 0 aliphatic heterocycles. The lowest BCUT2D eigenvalue weighted by Gasteiger charge is -2.00. The summed E-state index contributed by atoms with van der Waals surface area (Å²) >= 11 is 1.73. The third-order valence-electron chi connectivity index (χ3n) is 1.61. The molecule has 0 fully saturated rings. The summed E-state index contributed by atoms with van der Waals surface area (Å²) in [5, 5.41) is 8.54. The third-order valence-corrected chi connectivity index (χ3v) is 2.68. The highest BCUT2D eigenvalue weighted by Crippen LogP contribution is 2.17. The first-order valence-corrected chi connectivity index (χ1v) is 5.33. The first-order valence-electron chi connectivity index (χ1n) is 4.34. The van der Waals surface area contributed by atoms with Gasteiger partial charge in [-0.3, -0.25) is 0 Å². The number of aromatic nitrogens is 1. The summed E-state index contributed by atoms with van der Waals surface area (Å²) in [5.74, 6) is 1.02. The fraction of sp³-hybridized carbons (Fsp3) is 0.400. The predicted molar refractivity (Wildman–Crippen MR) is 56.2 cm³/mol. The Bertz CT molecular complexity index is 305. The molecular weight excluding hydrogens is 196 g/mol. The molecule has 0 unspecified atom stereocenters. The van der Waals surface area contributed by atoms with Crippen molar-refractivity contribution in [3.8, 4) is 6.07 Å². The van der Waals surface area contributed by atoms with Crippen molar-refractivity contribution in [3.63, 3.8) is 0 Å². The van der Waals surface area contributed by atoms with Crippen molar-refractivity contribution in [2.45, 2.75) is 11.3 Å². The molecule has 1 aromatic rings. The van der Waals surface area contributed by atoms with Gasteiger partial charge in [-0.05, 0) is 18.6 Å². The minimum Gasteiger partial charge on any atom is -0.385 e. The first kappa shape index (κ1) is 11.0. The van der Waals surface area contributed by atoms with Crippen LogP contribution in [-0.4, -0.2) is 24.5 Å². The molecule has 0 aliphatic rings. The van der Waals surface area contributed by atoms with E-state index < -0.39 is 0 Å². The Morgan fingerprint density at radius 2 is 2.43 bits per heavy atom. The summed E-state index contributed by atoms with van der Waals surface area (Å²) in [6, 6.07) is 5.64. The maximum Gasteiger partial charge on any atom is 0.140 e. The zero-order chi connectivity index (χ0) is 10.2. The number of pyridine rings is 1. The lowest BCUT2D eigenvalue weighted by atomic mass is 10.4. The van der Waals surface area contributed by atoms with Crippen molar-refractivity contribution >= 4 is 11.8 Å². The molecule has 74 valence electrons. The fourth-order valence-corrected chi connectivity index (χ4v) is 1.71. The summed E-state index contributed by atoms with van der Waals surface area (Å²) in [6.45, 7) is 0.788. The van der Waals surface area contributed by atoms with Gasteiger partial charge in [0.25, 0.3) is 0 Å². The molecule has 0 radical (unpaired) electrons. The van der Waals surface area contributed by atoms with Crippen LogP contribution in [0.15, 0.2) is 23.2 Å². The minimum atomic E-state index is 0.464. The highest BCUT2D eigenvalue weighted by atomic mass is 32.2. The number of methoxy groups -OCH3 is 1. The van der Waals surface area contributed by atoms with E-state index in [2.05, 4.69) is 4.98 Å². The second-order valence-electron chi connectivity index (χ2n) is 2.69. The van der Waals surface area contributed by atoms with Crippen LogP contribution in [-0.2, 0) is 4.74 Å². The van der Waals surface area contributed by atoms with Crippen LogP contribution >= 0.6 is 11.8 Å². The lowest BCUT2D eigenvalue weighted by Crippen LogP contribution is -1.90. The zero-order valence-corrected chi connectivity index (χ0v) is 8.88. The van der Waals surface area contributed by atoms with Gasteiger partial charge in [-0.15, -0.1) is 11.8 Å². The number of hydrogen-bond acceptors (Lipinski definition) is 4. The normalized spacial score (nSPS) is 9.71. The van der Waals surface area contributed by atoms with Crippen molar-refractivity contribution in [2.75, 3.05) is 19.5 Å². The van der Waals surface area contributed by atoms with Crippen LogP contribution in [0.5, 0.6) is 0 Å². The van der Waals surface area contributed by atoms with Gasteiger partial charge in [0.15, 0.2) is 0 Å². The molecule has 0 amide bonds. The maximum atomic E-state index is 8.54. The highest BCUT2D eigenvalue weighted by molar-refractivity contribution is 7.99. The van der Waals surface area contributed by atoms with Gasteiger partial charge in [0.2, 0.25) is 0 Å². The standard InChI is InChI=1S/C10H12N2OS/c1-13-5-2-6-14-10-4-3-9(7-11)12-8-10/h3-4,8H,2,5-6H2,1H3. The molecule has 4 heteroatoms. The Labute approximate surface area is 88.1 Å². The summed E-state index contributed by atoms with van der Waals surface area (Å²) in [5.41, 5.74) is 0.464. The summed E-state index contributed by atoms with van der Waals surface area (Å²) in [7, 11) is 1.70. The molecule has 1 aromatic heterocycles. The van der Waals surface area contributed by atoms with E-state index in [1.807, 2.05) is 12.1 Å². The van der Waals surface area contributed by atoms with E-state index in [0.29, 0.717) is 5.69 Å². The average Bonchev–Trinajstić information content (AvgIpc) is 2.25. The quantitative estimate of drug-likeness (QED) is 0.549. The number of thioether (sulfide) groups is 1. The molecule has 14 heavy (non-hydrogen) atoms. The SMILES string of the molecule is COCCCSc1ccc(C#N)nc1. The summed E-state index contributed by atoms with van der Waals surface area (Å²) in [4.78, 5) is 5.08. The van der Waals surface area contributed by atoms with Crippen molar-refractivity contribution < 1.29 is 4.74 Å². The van der Waals surface area contributed by atoms with E-state index in [1.54, 1.807) is 31.1 Å². The number of hydrogen-bond donors (Lipinski definition) is 0. The van der Waals surface area contributed by atoms with Gasteiger partial charge in [-0.2, -0.15) is 5.26 Å². The second-order valence-corrected chi connectivity index (χ2v) is 3.85. The number of ether oxygens (including phenoxy) is 1. The monoisotopic (exact) mass is 208 g/mol. The molecule has 1 heterocycles. The Balaban J connectivity index is 2.33. The Morgan fingerprint density at radius 1 is 1.57 bits per heavy atom. The van der Waals surface area contributed by atoms with E-state index in [-0.39, 0.29) is 0 Å². The van der Waals surface area contributed by atoms with Crippen molar-refractivity contribution in [1.82, 2.24) is 4.98 Å².